The highest BCUT2D eigenvalue weighted by molar-refractivity contribution is 5.90. The van der Waals surface area contributed by atoms with Gasteiger partial charge < -0.3 is 14.3 Å². The first-order chi connectivity index (χ1) is 7.13. The van der Waals surface area contributed by atoms with E-state index in [0.717, 1.165) is 12.8 Å². The summed E-state index contributed by atoms with van der Waals surface area (Å²) >= 11 is 0. The van der Waals surface area contributed by atoms with Crippen LogP contribution in [0.2, 0.25) is 0 Å². The fourth-order valence-corrected chi connectivity index (χ4v) is 1.69. The quantitative estimate of drug-likeness (QED) is 0.766. The first-order valence-corrected chi connectivity index (χ1v) is 4.93. The van der Waals surface area contributed by atoms with E-state index in [1.165, 1.54) is 7.11 Å². The Bertz CT molecular complexity index is 387. The van der Waals surface area contributed by atoms with E-state index < -0.39 is 5.97 Å². The summed E-state index contributed by atoms with van der Waals surface area (Å²) in [5.41, 5.74) is 0.212. The number of hydrogen-bond acceptors (Lipinski definition) is 4. The number of furan rings is 1. The molecule has 0 radical (unpaired) electrons. The number of rotatable bonds is 3. The van der Waals surface area contributed by atoms with Gasteiger partial charge in [0.1, 0.15) is 17.1 Å². The molecular formula is C11H14O4. The molecule has 1 aromatic rings. The number of ether oxygens (including phenoxy) is 1. The lowest BCUT2D eigenvalue weighted by Crippen LogP contribution is -2.10. The Kier molecular flexibility index (Phi) is 2.31. The van der Waals surface area contributed by atoms with Gasteiger partial charge in [0, 0.05) is 0 Å². The SMILES string of the molecule is COC(=O)c1cc(C2(CO)CC2)oc1C. The fraction of sp³-hybridized carbons (Fsp3) is 0.545. The highest BCUT2D eigenvalue weighted by Gasteiger charge is 2.47. The number of methoxy groups -OCH3 is 1. The number of aryl methyl sites for hydroxylation is 1. The minimum atomic E-state index is -0.392. The summed E-state index contributed by atoms with van der Waals surface area (Å²) in [7, 11) is 1.34. The molecule has 0 unspecified atom stereocenters. The number of aliphatic hydroxyl groups is 1. The van der Waals surface area contributed by atoms with Gasteiger partial charge in [-0.1, -0.05) is 0 Å². The van der Waals surface area contributed by atoms with Crippen molar-refractivity contribution in [2.24, 2.45) is 0 Å². The minimum Gasteiger partial charge on any atom is -0.465 e. The van der Waals surface area contributed by atoms with Crippen LogP contribution in [0.25, 0.3) is 0 Å². The molecule has 0 aromatic carbocycles. The van der Waals surface area contributed by atoms with E-state index >= 15 is 0 Å². The molecule has 1 N–H and O–H groups in total. The molecular weight excluding hydrogens is 196 g/mol. The Hall–Kier alpha value is -1.29. The Labute approximate surface area is 87.8 Å². The summed E-state index contributed by atoms with van der Waals surface area (Å²) in [6, 6.07) is 1.68. The summed E-state index contributed by atoms with van der Waals surface area (Å²) in [6.07, 6.45) is 1.83. The Morgan fingerprint density at radius 2 is 2.33 bits per heavy atom. The molecule has 2 rings (SSSR count). The monoisotopic (exact) mass is 210 g/mol. The van der Waals surface area contributed by atoms with Gasteiger partial charge in [0.15, 0.2) is 0 Å². The van der Waals surface area contributed by atoms with Crippen LogP contribution in [0.5, 0.6) is 0 Å². The van der Waals surface area contributed by atoms with Crippen LogP contribution < -0.4 is 0 Å². The van der Waals surface area contributed by atoms with Crippen LogP contribution in [-0.2, 0) is 10.2 Å². The first kappa shape index (κ1) is 10.2. The van der Waals surface area contributed by atoms with Gasteiger partial charge in [0.2, 0.25) is 0 Å². The van der Waals surface area contributed by atoms with Crippen molar-refractivity contribution < 1.29 is 19.1 Å². The number of hydrogen-bond donors (Lipinski definition) is 1. The van der Waals surface area contributed by atoms with E-state index in [9.17, 15) is 9.90 Å². The van der Waals surface area contributed by atoms with Crippen molar-refractivity contribution in [3.05, 3.63) is 23.2 Å². The molecule has 82 valence electrons. The molecule has 1 aliphatic rings. The van der Waals surface area contributed by atoms with E-state index in [1.54, 1.807) is 13.0 Å². The van der Waals surface area contributed by atoms with Gasteiger partial charge in [-0.3, -0.25) is 0 Å². The summed E-state index contributed by atoms with van der Waals surface area (Å²) in [6.45, 7) is 1.80. The second kappa shape index (κ2) is 3.38. The van der Waals surface area contributed by atoms with E-state index in [2.05, 4.69) is 4.74 Å². The maximum atomic E-state index is 11.3. The predicted octanol–water partition coefficient (Wildman–Crippen LogP) is 1.40. The lowest BCUT2D eigenvalue weighted by atomic mass is 10.0. The second-order valence-electron chi connectivity index (χ2n) is 4.01. The van der Waals surface area contributed by atoms with Crippen molar-refractivity contribution in [2.45, 2.75) is 25.2 Å². The molecule has 0 saturated heterocycles. The van der Waals surface area contributed by atoms with Crippen LogP contribution in [0.1, 0.15) is 34.7 Å². The first-order valence-electron chi connectivity index (χ1n) is 4.93. The largest absolute Gasteiger partial charge is 0.465 e. The smallest absolute Gasteiger partial charge is 0.341 e. The average Bonchev–Trinajstić information content (AvgIpc) is 2.96. The van der Waals surface area contributed by atoms with Gasteiger partial charge in [-0.05, 0) is 25.8 Å². The molecule has 1 aromatic heterocycles. The van der Waals surface area contributed by atoms with Gasteiger partial charge in [-0.2, -0.15) is 0 Å². The van der Waals surface area contributed by atoms with Crippen molar-refractivity contribution in [1.82, 2.24) is 0 Å². The molecule has 1 fully saturated rings. The summed E-state index contributed by atoms with van der Waals surface area (Å²) < 4.78 is 10.1. The van der Waals surface area contributed by atoms with Gasteiger partial charge in [0.25, 0.3) is 0 Å². The normalized spacial score (nSPS) is 17.5. The third kappa shape index (κ3) is 1.55. The molecule has 1 saturated carbocycles. The van der Waals surface area contributed by atoms with Crippen LogP contribution in [0.3, 0.4) is 0 Å². The number of aliphatic hydroxyl groups excluding tert-OH is 1. The molecule has 4 nitrogen and oxygen atoms in total. The zero-order chi connectivity index (χ0) is 11.1. The molecule has 0 aliphatic heterocycles. The lowest BCUT2D eigenvalue weighted by molar-refractivity contribution is 0.0599. The van der Waals surface area contributed by atoms with Crippen LogP contribution >= 0.6 is 0 Å². The van der Waals surface area contributed by atoms with Crippen LogP contribution in [0.15, 0.2) is 10.5 Å². The molecule has 4 heteroatoms. The number of carbonyl (C=O) groups excluding carboxylic acids is 1. The van der Waals surface area contributed by atoms with Gasteiger partial charge in [0.05, 0.1) is 19.1 Å². The minimum absolute atomic E-state index is 0.0700. The summed E-state index contributed by atoms with van der Waals surface area (Å²) in [5.74, 6) is 0.857. The van der Waals surface area contributed by atoms with Crippen molar-refractivity contribution in [1.29, 1.82) is 0 Å². The second-order valence-corrected chi connectivity index (χ2v) is 4.01. The fourth-order valence-electron chi connectivity index (χ4n) is 1.69. The van der Waals surface area contributed by atoms with Gasteiger partial charge in [-0.25, -0.2) is 4.79 Å². The molecule has 1 aliphatic carbocycles. The molecule has 15 heavy (non-hydrogen) atoms. The van der Waals surface area contributed by atoms with Gasteiger partial charge >= 0.3 is 5.97 Å². The maximum absolute atomic E-state index is 11.3. The standard InChI is InChI=1S/C11H14O4/c1-7-8(10(13)14-2)5-9(15-7)11(6-12)3-4-11/h5,12H,3-4,6H2,1-2H3. The number of esters is 1. The third-order valence-corrected chi connectivity index (χ3v) is 3.00. The topological polar surface area (TPSA) is 59.7 Å². The molecule has 0 atom stereocenters. The maximum Gasteiger partial charge on any atom is 0.341 e. The average molecular weight is 210 g/mol. The summed E-state index contributed by atoms with van der Waals surface area (Å²) in [4.78, 5) is 11.3. The van der Waals surface area contributed by atoms with Crippen LogP contribution in [0, 0.1) is 6.92 Å². The number of carbonyl (C=O) groups is 1. The molecule has 0 spiro atoms. The van der Waals surface area contributed by atoms with Crippen LogP contribution in [0.4, 0.5) is 0 Å². The molecule has 0 amide bonds. The van der Waals surface area contributed by atoms with Gasteiger partial charge in [-0.15, -0.1) is 0 Å². The van der Waals surface area contributed by atoms with E-state index in [-0.39, 0.29) is 12.0 Å². The highest BCUT2D eigenvalue weighted by atomic mass is 16.5. The molecule has 1 heterocycles. The van der Waals surface area contributed by atoms with Crippen molar-refractivity contribution in [2.75, 3.05) is 13.7 Å². The Balaban J connectivity index is 2.33. The molecule has 0 bridgehead atoms. The zero-order valence-electron chi connectivity index (χ0n) is 8.87. The van der Waals surface area contributed by atoms with E-state index in [1.807, 2.05) is 0 Å². The van der Waals surface area contributed by atoms with E-state index in [4.69, 9.17) is 4.42 Å². The predicted molar refractivity (Wildman–Crippen MR) is 52.8 cm³/mol. The third-order valence-electron chi connectivity index (χ3n) is 3.00. The van der Waals surface area contributed by atoms with Crippen molar-refractivity contribution >= 4 is 5.97 Å². The zero-order valence-corrected chi connectivity index (χ0v) is 8.87. The summed E-state index contributed by atoms with van der Waals surface area (Å²) in [5, 5.41) is 9.23. The van der Waals surface area contributed by atoms with Crippen LogP contribution in [-0.4, -0.2) is 24.8 Å². The van der Waals surface area contributed by atoms with Crippen molar-refractivity contribution in [3.63, 3.8) is 0 Å². The lowest BCUT2D eigenvalue weighted by Gasteiger charge is -2.05. The Morgan fingerprint density at radius 1 is 1.67 bits per heavy atom. The highest BCUT2D eigenvalue weighted by Crippen LogP contribution is 2.48. The van der Waals surface area contributed by atoms with E-state index in [0.29, 0.717) is 17.1 Å². The Morgan fingerprint density at radius 3 is 2.80 bits per heavy atom. The van der Waals surface area contributed by atoms with Crippen molar-refractivity contribution in [3.8, 4) is 0 Å².